The Morgan fingerprint density at radius 1 is 1.09 bits per heavy atom. The van der Waals surface area contributed by atoms with Gasteiger partial charge in [0.15, 0.2) is 6.61 Å². The van der Waals surface area contributed by atoms with Crippen LogP contribution in [0.15, 0.2) is 36.4 Å². The van der Waals surface area contributed by atoms with Crippen LogP contribution in [0.1, 0.15) is 28.8 Å². The fourth-order valence-corrected chi connectivity index (χ4v) is 3.84. The summed E-state index contributed by atoms with van der Waals surface area (Å²) in [6.07, 6.45) is 1.11. The second-order valence-electron chi connectivity index (χ2n) is 7.74. The molecule has 9 heteroatoms. The topological polar surface area (TPSA) is 94.2 Å². The van der Waals surface area contributed by atoms with Crippen LogP contribution in [0.25, 0.3) is 0 Å². The number of anilines is 1. The number of ether oxygens (including phenoxy) is 3. The minimum Gasteiger partial charge on any atom is -0.496 e. The molecule has 0 bridgehead atoms. The third-order valence-corrected chi connectivity index (χ3v) is 5.82. The van der Waals surface area contributed by atoms with Crippen LogP contribution < -0.4 is 14.8 Å². The molecule has 1 saturated heterocycles. The molecular weight excluding hydrogens is 448 g/mol. The molecule has 1 aliphatic rings. The lowest BCUT2D eigenvalue weighted by atomic mass is 9.95. The molecule has 0 spiro atoms. The van der Waals surface area contributed by atoms with Crippen molar-refractivity contribution in [3.8, 4) is 11.5 Å². The normalized spacial score (nSPS) is 13.9. The maximum absolute atomic E-state index is 12.9. The number of nitrogens with one attached hydrogen (secondary N) is 1. The summed E-state index contributed by atoms with van der Waals surface area (Å²) in [4.78, 5) is 38.7. The molecule has 0 unspecified atom stereocenters. The van der Waals surface area contributed by atoms with Crippen LogP contribution >= 0.6 is 11.6 Å². The van der Waals surface area contributed by atoms with Gasteiger partial charge in [0.2, 0.25) is 5.91 Å². The number of methoxy groups -OCH3 is 2. The van der Waals surface area contributed by atoms with Gasteiger partial charge in [-0.05, 0) is 61.7 Å². The maximum Gasteiger partial charge on any atom is 0.343 e. The van der Waals surface area contributed by atoms with Crippen LogP contribution in [0.3, 0.4) is 0 Å². The van der Waals surface area contributed by atoms with Gasteiger partial charge in [-0.1, -0.05) is 11.6 Å². The average Bonchev–Trinajstić information content (AvgIpc) is 2.83. The molecule has 1 N–H and O–H groups in total. The Balaban J connectivity index is 1.56. The van der Waals surface area contributed by atoms with Crippen LogP contribution in [0.2, 0.25) is 5.02 Å². The number of amides is 2. The maximum atomic E-state index is 12.9. The molecule has 8 nitrogen and oxygen atoms in total. The lowest BCUT2D eigenvalue weighted by Gasteiger charge is -2.31. The first-order chi connectivity index (χ1) is 15.8. The number of esters is 1. The number of piperidine rings is 1. The number of likely N-dealkylation sites (tertiary alicyclic amines) is 1. The highest BCUT2D eigenvalue weighted by Crippen LogP contribution is 2.28. The van der Waals surface area contributed by atoms with Crippen molar-refractivity contribution in [2.75, 3.05) is 39.2 Å². The average molecular weight is 475 g/mol. The minimum absolute atomic E-state index is 0.0891. The Hall–Kier alpha value is -3.26. The van der Waals surface area contributed by atoms with E-state index in [9.17, 15) is 14.4 Å². The van der Waals surface area contributed by atoms with E-state index in [1.165, 1.54) is 14.2 Å². The van der Waals surface area contributed by atoms with Crippen molar-refractivity contribution in [1.29, 1.82) is 0 Å². The Morgan fingerprint density at radius 3 is 2.45 bits per heavy atom. The first-order valence-electron chi connectivity index (χ1n) is 10.6. The molecule has 0 radical (unpaired) electrons. The standard InChI is InChI=1S/C24H27ClN2O6/c1-15-12-18(33-14-22(28)32-3)5-6-20(15)26-23(29)16-8-10-27(11-9-16)24(30)19-13-17(25)4-7-21(19)31-2/h4-7,12-13,16H,8-11,14H2,1-3H3,(H,26,29). The van der Waals surface area contributed by atoms with Crippen LogP contribution in [0.5, 0.6) is 11.5 Å². The highest BCUT2D eigenvalue weighted by atomic mass is 35.5. The molecule has 2 aromatic rings. The Kier molecular flexibility index (Phi) is 8.16. The summed E-state index contributed by atoms with van der Waals surface area (Å²) in [5.74, 6) is 0.0619. The second-order valence-corrected chi connectivity index (χ2v) is 8.18. The van der Waals surface area contributed by atoms with Gasteiger partial charge in [-0.3, -0.25) is 9.59 Å². The summed E-state index contributed by atoms with van der Waals surface area (Å²) >= 11 is 6.05. The predicted octanol–water partition coefficient (Wildman–Crippen LogP) is 3.70. The highest BCUT2D eigenvalue weighted by molar-refractivity contribution is 6.31. The van der Waals surface area contributed by atoms with E-state index >= 15 is 0 Å². The number of hydrogen-bond donors (Lipinski definition) is 1. The van der Waals surface area contributed by atoms with Gasteiger partial charge in [0, 0.05) is 29.7 Å². The number of benzene rings is 2. The van der Waals surface area contributed by atoms with Crippen molar-refractivity contribution in [3.05, 3.63) is 52.5 Å². The van der Waals surface area contributed by atoms with Crippen molar-refractivity contribution in [2.24, 2.45) is 5.92 Å². The van der Waals surface area contributed by atoms with E-state index in [0.717, 1.165) is 5.56 Å². The molecular formula is C24H27ClN2O6. The smallest absolute Gasteiger partial charge is 0.343 e. The first-order valence-corrected chi connectivity index (χ1v) is 10.9. The van der Waals surface area contributed by atoms with E-state index in [1.807, 2.05) is 6.92 Å². The number of carbonyl (C=O) groups is 3. The number of nitrogens with zero attached hydrogens (tertiary/aromatic N) is 1. The summed E-state index contributed by atoms with van der Waals surface area (Å²) in [5.41, 5.74) is 1.90. The van der Waals surface area contributed by atoms with Crippen LogP contribution in [0, 0.1) is 12.8 Å². The third kappa shape index (κ3) is 6.16. The van der Waals surface area contributed by atoms with Gasteiger partial charge in [-0.2, -0.15) is 0 Å². The molecule has 1 aliphatic heterocycles. The second kappa shape index (κ2) is 11.0. The Bertz CT molecular complexity index is 1030. The lowest BCUT2D eigenvalue weighted by molar-refractivity contribution is -0.142. The quantitative estimate of drug-likeness (QED) is 0.615. The lowest BCUT2D eigenvalue weighted by Crippen LogP contribution is -2.41. The molecule has 0 aliphatic carbocycles. The van der Waals surface area contributed by atoms with Crippen LogP contribution in [-0.2, 0) is 14.3 Å². The molecule has 176 valence electrons. The molecule has 3 rings (SSSR count). The fourth-order valence-electron chi connectivity index (χ4n) is 3.66. The predicted molar refractivity (Wildman–Crippen MR) is 124 cm³/mol. The molecule has 1 fully saturated rings. The van der Waals surface area contributed by atoms with Gasteiger partial charge >= 0.3 is 5.97 Å². The van der Waals surface area contributed by atoms with Crippen molar-refractivity contribution in [1.82, 2.24) is 4.90 Å². The van der Waals surface area contributed by atoms with Crippen molar-refractivity contribution < 1.29 is 28.6 Å². The Morgan fingerprint density at radius 2 is 1.82 bits per heavy atom. The SMILES string of the molecule is COC(=O)COc1ccc(NC(=O)C2CCN(C(=O)c3cc(Cl)ccc3OC)CC2)c(C)c1. The molecule has 0 aromatic heterocycles. The summed E-state index contributed by atoms with van der Waals surface area (Å²) < 4.78 is 15.2. The van der Waals surface area contributed by atoms with E-state index in [1.54, 1.807) is 41.3 Å². The third-order valence-electron chi connectivity index (χ3n) is 5.58. The number of aryl methyl sites for hydroxylation is 1. The zero-order chi connectivity index (χ0) is 24.0. The first kappa shape index (κ1) is 24.4. The van der Waals surface area contributed by atoms with Gasteiger partial charge in [0.1, 0.15) is 11.5 Å². The minimum atomic E-state index is -0.469. The largest absolute Gasteiger partial charge is 0.496 e. The molecule has 2 aromatic carbocycles. The summed E-state index contributed by atoms with van der Waals surface area (Å²) in [6.45, 7) is 2.60. The van der Waals surface area contributed by atoms with E-state index in [2.05, 4.69) is 10.1 Å². The molecule has 33 heavy (non-hydrogen) atoms. The van der Waals surface area contributed by atoms with E-state index < -0.39 is 5.97 Å². The number of hydrogen-bond acceptors (Lipinski definition) is 6. The summed E-state index contributed by atoms with van der Waals surface area (Å²) in [6, 6.07) is 10.1. The monoisotopic (exact) mass is 474 g/mol. The van der Waals surface area contributed by atoms with Gasteiger partial charge in [-0.15, -0.1) is 0 Å². The van der Waals surface area contributed by atoms with Crippen molar-refractivity contribution in [2.45, 2.75) is 19.8 Å². The van der Waals surface area contributed by atoms with Crippen LogP contribution in [0.4, 0.5) is 5.69 Å². The highest BCUT2D eigenvalue weighted by Gasteiger charge is 2.29. The number of rotatable bonds is 7. The van der Waals surface area contributed by atoms with Gasteiger partial charge in [0.25, 0.3) is 5.91 Å². The molecule has 0 atom stereocenters. The van der Waals surface area contributed by atoms with E-state index in [0.29, 0.717) is 53.7 Å². The van der Waals surface area contributed by atoms with Gasteiger partial charge in [-0.25, -0.2) is 4.79 Å². The van der Waals surface area contributed by atoms with E-state index in [4.69, 9.17) is 21.1 Å². The van der Waals surface area contributed by atoms with Gasteiger partial charge < -0.3 is 24.4 Å². The van der Waals surface area contributed by atoms with Crippen molar-refractivity contribution in [3.63, 3.8) is 0 Å². The van der Waals surface area contributed by atoms with Crippen LogP contribution in [-0.4, -0.2) is 56.6 Å². The molecule has 2 amide bonds. The van der Waals surface area contributed by atoms with Crippen molar-refractivity contribution >= 4 is 35.1 Å². The zero-order valence-electron chi connectivity index (χ0n) is 18.9. The molecule has 1 heterocycles. The fraction of sp³-hybridized carbons (Fsp3) is 0.375. The Labute approximate surface area is 197 Å². The van der Waals surface area contributed by atoms with E-state index in [-0.39, 0.29) is 24.3 Å². The molecule has 0 saturated carbocycles. The van der Waals surface area contributed by atoms with Gasteiger partial charge in [0.05, 0.1) is 19.8 Å². The zero-order valence-corrected chi connectivity index (χ0v) is 19.6. The summed E-state index contributed by atoms with van der Waals surface area (Å²) in [7, 11) is 2.81. The summed E-state index contributed by atoms with van der Waals surface area (Å²) in [5, 5.41) is 3.42. The number of carbonyl (C=O) groups excluding carboxylic acids is 3. The number of halogens is 1.